The van der Waals surface area contributed by atoms with E-state index in [4.69, 9.17) is 19.4 Å². The molecule has 3 aliphatic rings. The van der Waals surface area contributed by atoms with Gasteiger partial charge < -0.3 is 9.47 Å². The van der Waals surface area contributed by atoms with Gasteiger partial charge in [-0.15, -0.1) is 0 Å². The van der Waals surface area contributed by atoms with Gasteiger partial charge in [-0.3, -0.25) is 0 Å². The molecule has 0 amide bonds. The second kappa shape index (κ2) is 8.86. The summed E-state index contributed by atoms with van der Waals surface area (Å²) in [5.74, 6) is -0.318. The van der Waals surface area contributed by atoms with Gasteiger partial charge in [0.25, 0.3) is 0 Å². The standard InChI is InChI=1S/C32H31F2N3O2/c1-18-17-23(20-8-6-10-26(34)28(20)35-18)30-36-27(21-7-4-5-9-25(21)33)22-11-12-24-19(2)32(38-15-16-39-32)14-13-31(24,3)29(22)37-30/h4-10,17,19,24H,11-16H2,1-3H3/t19-,24-,31-/m1/s1. The predicted octanol–water partition coefficient (Wildman–Crippen LogP) is 6.94. The first kappa shape index (κ1) is 24.7. The molecule has 4 aromatic rings. The number of aryl methyl sites for hydroxylation is 1. The molecule has 2 aromatic carbocycles. The molecule has 7 rings (SSSR count). The molecule has 1 spiro atoms. The third-order valence-electron chi connectivity index (χ3n) is 9.43. The Morgan fingerprint density at radius 3 is 2.46 bits per heavy atom. The molecule has 0 radical (unpaired) electrons. The van der Waals surface area contributed by atoms with E-state index >= 15 is 4.39 Å². The first-order valence-electron chi connectivity index (χ1n) is 13.8. The molecule has 200 valence electrons. The second-order valence-electron chi connectivity index (χ2n) is 11.5. The summed E-state index contributed by atoms with van der Waals surface area (Å²) in [6.45, 7) is 7.61. The fourth-order valence-electron chi connectivity index (χ4n) is 7.46. The summed E-state index contributed by atoms with van der Waals surface area (Å²) in [7, 11) is 0. The summed E-state index contributed by atoms with van der Waals surface area (Å²) in [6, 6.07) is 13.6. The highest BCUT2D eigenvalue weighted by atomic mass is 19.1. The Morgan fingerprint density at radius 1 is 0.897 bits per heavy atom. The molecule has 1 aliphatic heterocycles. The van der Waals surface area contributed by atoms with E-state index in [2.05, 4.69) is 18.8 Å². The van der Waals surface area contributed by atoms with Crippen molar-refractivity contribution >= 4 is 10.9 Å². The molecule has 1 saturated heterocycles. The van der Waals surface area contributed by atoms with Gasteiger partial charge in [-0.05, 0) is 56.4 Å². The van der Waals surface area contributed by atoms with E-state index in [-0.39, 0.29) is 34.4 Å². The number of aromatic nitrogens is 3. The van der Waals surface area contributed by atoms with Gasteiger partial charge in [0.15, 0.2) is 11.6 Å². The van der Waals surface area contributed by atoms with Gasteiger partial charge in [0.2, 0.25) is 0 Å². The van der Waals surface area contributed by atoms with Gasteiger partial charge in [0.1, 0.15) is 17.2 Å². The highest BCUT2D eigenvalue weighted by Crippen LogP contribution is 2.57. The summed E-state index contributed by atoms with van der Waals surface area (Å²) < 4.78 is 42.5. The van der Waals surface area contributed by atoms with Crippen LogP contribution in [0, 0.1) is 30.4 Å². The predicted molar refractivity (Wildman–Crippen MR) is 145 cm³/mol. The van der Waals surface area contributed by atoms with Gasteiger partial charge in [-0.25, -0.2) is 23.7 Å². The highest BCUT2D eigenvalue weighted by molar-refractivity contribution is 5.93. The van der Waals surface area contributed by atoms with Crippen molar-refractivity contribution in [2.24, 2.45) is 11.8 Å². The van der Waals surface area contributed by atoms with E-state index in [1.165, 1.54) is 12.1 Å². The van der Waals surface area contributed by atoms with Gasteiger partial charge >= 0.3 is 0 Å². The zero-order valence-corrected chi connectivity index (χ0v) is 22.4. The van der Waals surface area contributed by atoms with Crippen LogP contribution in [0.4, 0.5) is 8.78 Å². The lowest BCUT2D eigenvalue weighted by atomic mass is 9.54. The Hall–Kier alpha value is -3.29. The Kier molecular flexibility index (Phi) is 5.62. The summed E-state index contributed by atoms with van der Waals surface area (Å²) in [6.07, 6.45) is 3.28. The van der Waals surface area contributed by atoms with Crippen LogP contribution >= 0.6 is 0 Å². The van der Waals surface area contributed by atoms with Crippen LogP contribution < -0.4 is 0 Å². The molecule has 2 aromatic heterocycles. The van der Waals surface area contributed by atoms with Crippen molar-refractivity contribution in [3.05, 3.63) is 77.1 Å². The number of fused-ring (bicyclic) bond motifs is 4. The lowest BCUT2D eigenvalue weighted by Crippen LogP contribution is -2.55. The largest absolute Gasteiger partial charge is 0.347 e. The average molecular weight is 528 g/mol. The zero-order valence-electron chi connectivity index (χ0n) is 22.4. The molecule has 1 saturated carbocycles. The molecule has 0 unspecified atom stereocenters. The van der Waals surface area contributed by atoms with Crippen LogP contribution in [-0.2, 0) is 21.3 Å². The maximum absolute atomic E-state index is 15.3. The van der Waals surface area contributed by atoms with Gasteiger partial charge in [0.05, 0.1) is 24.6 Å². The minimum absolute atomic E-state index is 0.181. The Labute approximate surface area is 226 Å². The van der Waals surface area contributed by atoms with Crippen molar-refractivity contribution in [2.45, 2.75) is 57.7 Å². The van der Waals surface area contributed by atoms with E-state index in [9.17, 15) is 4.39 Å². The molecule has 0 bridgehead atoms. The maximum atomic E-state index is 15.3. The molecule has 39 heavy (non-hydrogen) atoms. The van der Waals surface area contributed by atoms with Crippen LogP contribution in [0.1, 0.15) is 50.1 Å². The highest BCUT2D eigenvalue weighted by Gasteiger charge is 2.58. The third-order valence-corrected chi connectivity index (χ3v) is 9.43. The normalized spacial score (nSPS) is 25.6. The minimum atomic E-state index is -0.540. The van der Waals surface area contributed by atoms with Crippen LogP contribution in [0.2, 0.25) is 0 Å². The van der Waals surface area contributed by atoms with Crippen LogP contribution in [0.5, 0.6) is 0 Å². The van der Waals surface area contributed by atoms with E-state index in [1.807, 2.05) is 25.1 Å². The number of para-hydroxylation sites is 1. The van der Waals surface area contributed by atoms with Crippen LogP contribution in [0.15, 0.2) is 48.5 Å². The molecule has 2 aliphatic carbocycles. The quantitative estimate of drug-likeness (QED) is 0.283. The fraction of sp³-hybridized carbons (Fsp3) is 0.406. The molecule has 2 fully saturated rings. The fourth-order valence-corrected chi connectivity index (χ4v) is 7.46. The molecule has 3 heterocycles. The average Bonchev–Trinajstić information content (AvgIpc) is 3.41. The van der Waals surface area contributed by atoms with Crippen LogP contribution in [0.3, 0.4) is 0 Å². The van der Waals surface area contributed by atoms with Crippen molar-refractivity contribution in [1.29, 1.82) is 0 Å². The maximum Gasteiger partial charge on any atom is 0.171 e. The number of hydrogen-bond donors (Lipinski definition) is 0. The number of halogens is 2. The van der Waals surface area contributed by atoms with E-state index in [1.54, 1.807) is 18.2 Å². The van der Waals surface area contributed by atoms with Crippen molar-refractivity contribution in [1.82, 2.24) is 15.0 Å². The molecular weight excluding hydrogens is 496 g/mol. The molecular formula is C32H31F2N3O2. The van der Waals surface area contributed by atoms with Gasteiger partial charge in [-0.1, -0.05) is 38.1 Å². The summed E-state index contributed by atoms with van der Waals surface area (Å²) in [5, 5.41) is 0.640. The first-order valence-corrected chi connectivity index (χ1v) is 13.8. The molecule has 7 heteroatoms. The van der Waals surface area contributed by atoms with Crippen molar-refractivity contribution in [2.75, 3.05) is 13.2 Å². The monoisotopic (exact) mass is 527 g/mol. The van der Waals surface area contributed by atoms with Crippen molar-refractivity contribution in [3.8, 4) is 22.6 Å². The Balaban J connectivity index is 1.48. The summed E-state index contributed by atoms with van der Waals surface area (Å²) >= 11 is 0. The number of benzene rings is 2. The number of hydrogen-bond acceptors (Lipinski definition) is 5. The van der Waals surface area contributed by atoms with Crippen molar-refractivity contribution in [3.63, 3.8) is 0 Å². The lowest BCUT2D eigenvalue weighted by molar-refractivity contribution is -0.234. The Bertz CT molecular complexity index is 1620. The first-order chi connectivity index (χ1) is 18.8. The second-order valence-corrected chi connectivity index (χ2v) is 11.5. The minimum Gasteiger partial charge on any atom is -0.347 e. The molecule has 0 N–H and O–H groups in total. The summed E-state index contributed by atoms with van der Waals surface area (Å²) in [5.41, 5.74) is 4.43. The zero-order chi connectivity index (χ0) is 26.9. The van der Waals surface area contributed by atoms with Crippen LogP contribution in [-0.4, -0.2) is 34.0 Å². The number of ether oxygens (including phenoxy) is 2. The van der Waals surface area contributed by atoms with Gasteiger partial charge in [-0.2, -0.15) is 0 Å². The van der Waals surface area contributed by atoms with Crippen LogP contribution in [0.25, 0.3) is 33.5 Å². The summed E-state index contributed by atoms with van der Waals surface area (Å²) in [4.78, 5) is 14.7. The molecule has 3 atom stereocenters. The Morgan fingerprint density at radius 2 is 1.67 bits per heavy atom. The van der Waals surface area contributed by atoms with Crippen molar-refractivity contribution < 1.29 is 18.3 Å². The number of pyridine rings is 1. The third kappa shape index (κ3) is 3.66. The van der Waals surface area contributed by atoms with E-state index in [0.717, 1.165) is 36.9 Å². The van der Waals surface area contributed by atoms with Gasteiger partial charge in [0, 0.05) is 45.5 Å². The number of rotatable bonds is 2. The lowest BCUT2D eigenvalue weighted by Gasteiger charge is -2.54. The van der Waals surface area contributed by atoms with E-state index in [0.29, 0.717) is 46.9 Å². The molecule has 5 nitrogen and oxygen atoms in total. The number of nitrogens with zero attached hydrogens (tertiary/aromatic N) is 3. The smallest absolute Gasteiger partial charge is 0.171 e. The SMILES string of the molecule is Cc1cc(-c2nc(-c3ccccc3F)c3c(n2)[C@]2(C)CCC4(OCCO4)[C@H](C)[C@H]2CC3)c2cccc(F)c2n1. The topological polar surface area (TPSA) is 57.1 Å². The van der Waals surface area contributed by atoms with E-state index < -0.39 is 5.79 Å².